The van der Waals surface area contributed by atoms with E-state index in [1.54, 1.807) is 12.3 Å². The number of aromatic nitrogens is 1. The van der Waals surface area contributed by atoms with E-state index < -0.39 is 5.97 Å². The second-order valence-corrected chi connectivity index (χ2v) is 7.23. The number of carboxylic acid groups (broad SMARTS) is 1. The highest BCUT2D eigenvalue weighted by molar-refractivity contribution is 5.89. The van der Waals surface area contributed by atoms with Crippen LogP contribution >= 0.6 is 0 Å². The lowest BCUT2D eigenvalue weighted by Gasteiger charge is -2.14. The number of aromatic carboxylic acids is 1. The molecule has 1 atom stereocenters. The van der Waals surface area contributed by atoms with Gasteiger partial charge < -0.3 is 10.4 Å². The summed E-state index contributed by atoms with van der Waals surface area (Å²) < 4.78 is 0. The Kier molecular flexibility index (Phi) is 5.22. The SMILES string of the molecule is CCc1ccccc1-c1ccc2c(c1)CN[C@H]2CCc1cnccc1C(=O)O. The Labute approximate surface area is 165 Å². The third-order valence-electron chi connectivity index (χ3n) is 5.60. The molecule has 3 aromatic rings. The average Bonchev–Trinajstić information content (AvgIpc) is 3.14. The van der Waals surface area contributed by atoms with E-state index in [2.05, 4.69) is 59.7 Å². The molecule has 2 aromatic carbocycles. The van der Waals surface area contributed by atoms with Crippen molar-refractivity contribution in [3.63, 3.8) is 0 Å². The van der Waals surface area contributed by atoms with Gasteiger partial charge in [0.25, 0.3) is 0 Å². The van der Waals surface area contributed by atoms with Gasteiger partial charge in [-0.25, -0.2) is 4.79 Å². The van der Waals surface area contributed by atoms with Gasteiger partial charge in [-0.2, -0.15) is 0 Å². The second kappa shape index (κ2) is 7.95. The number of pyridine rings is 1. The van der Waals surface area contributed by atoms with E-state index in [0.717, 1.165) is 24.9 Å². The number of hydrogen-bond acceptors (Lipinski definition) is 3. The molecule has 0 unspecified atom stereocenters. The van der Waals surface area contributed by atoms with Crippen LogP contribution in [0.2, 0.25) is 0 Å². The van der Waals surface area contributed by atoms with Crippen molar-refractivity contribution in [1.82, 2.24) is 10.3 Å². The molecule has 0 fully saturated rings. The van der Waals surface area contributed by atoms with Gasteiger partial charge in [-0.1, -0.05) is 43.3 Å². The largest absolute Gasteiger partial charge is 0.478 e. The lowest BCUT2D eigenvalue weighted by Crippen LogP contribution is -2.13. The molecule has 0 spiro atoms. The maximum Gasteiger partial charge on any atom is 0.336 e. The van der Waals surface area contributed by atoms with Crippen LogP contribution in [0.1, 0.15) is 52.0 Å². The lowest BCUT2D eigenvalue weighted by atomic mass is 9.93. The van der Waals surface area contributed by atoms with Crippen molar-refractivity contribution < 1.29 is 9.90 Å². The van der Waals surface area contributed by atoms with Crippen LogP contribution in [-0.4, -0.2) is 16.1 Å². The third kappa shape index (κ3) is 3.56. The van der Waals surface area contributed by atoms with Crippen LogP contribution in [0.3, 0.4) is 0 Å². The van der Waals surface area contributed by atoms with Crippen molar-refractivity contribution in [2.45, 2.75) is 38.8 Å². The van der Waals surface area contributed by atoms with Crippen LogP contribution in [0.5, 0.6) is 0 Å². The standard InChI is InChI=1S/C24H24N2O2/c1-2-16-5-3-4-6-20(16)17-7-9-21-19(13-17)15-26-23(21)10-8-18-14-25-12-11-22(18)24(27)28/h3-7,9,11-14,23,26H,2,8,10,15H2,1H3,(H,27,28)/t23-/m0/s1. The fourth-order valence-electron chi connectivity index (χ4n) is 4.11. The molecule has 4 heteroatoms. The minimum absolute atomic E-state index is 0.243. The summed E-state index contributed by atoms with van der Waals surface area (Å²) in [7, 11) is 0. The second-order valence-electron chi connectivity index (χ2n) is 7.23. The van der Waals surface area contributed by atoms with Crippen molar-refractivity contribution >= 4 is 5.97 Å². The number of aryl methyl sites for hydroxylation is 2. The van der Waals surface area contributed by atoms with Gasteiger partial charge in [0, 0.05) is 25.0 Å². The van der Waals surface area contributed by atoms with E-state index >= 15 is 0 Å². The van der Waals surface area contributed by atoms with E-state index in [1.165, 1.54) is 34.0 Å². The van der Waals surface area contributed by atoms with Crippen LogP contribution in [0.4, 0.5) is 0 Å². The Bertz CT molecular complexity index is 1010. The average molecular weight is 372 g/mol. The van der Waals surface area contributed by atoms with Crippen LogP contribution in [0.25, 0.3) is 11.1 Å². The van der Waals surface area contributed by atoms with Crippen molar-refractivity contribution in [1.29, 1.82) is 0 Å². The van der Waals surface area contributed by atoms with E-state index in [1.807, 2.05) is 0 Å². The summed E-state index contributed by atoms with van der Waals surface area (Å²) in [6.07, 6.45) is 5.76. The smallest absolute Gasteiger partial charge is 0.336 e. The van der Waals surface area contributed by atoms with Crippen LogP contribution in [-0.2, 0) is 19.4 Å². The number of rotatable bonds is 6. The maximum atomic E-state index is 11.4. The molecule has 4 nitrogen and oxygen atoms in total. The first kappa shape index (κ1) is 18.4. The van der Waals surface area contributed by atoms with Crippen molar-refractivity contribution in [3.8, 4) is 11.1 Å². The minimum Gasteiger partial charge on any atom is -0.478 e. The molecular formula is C24H24N2O2. The molecule has 4 rings (SSSR count). The van der Waals surface area contributed by atoms with Gasteiger partial charge in [-0.05, 0) is 64.8 Å². The zero-order chi connectivity index (χ0) is 19.5. The molecular weight excluding hydrogens is 348 g/mol. The van der Waals surface area contributed by atoms with Gasteiger partial charge in [0.1, 0.15) is 0 Å². The first-order valence-electron chi connectivity index (χ1n) is 9.78. The molecule has 0 aliphatic carbocycles. The molecule has 1 aliphatic heterocycles. The Morgan fingerprint density at radius 2 is 2.04 bits per heavy atom. The number of carboxylic acids is 1. The van der Waals surface area contributed by atoms with Crippen LogP contribution in [0, 0.1) is 0 Å². The molecule has 0 radical (unpaired) electrons. The van der Waals surface area contributed by atoms with E-state index in [0.29, 0.717) is 12.0 Å². The number of nitrogens with one attached hydrogen (secondary N) is 1. The number of nitrogens with zero attached hydrogens (tertiary/aromatic N) is 1. The van der Waals surface area contributed by atoms with Gasteiger partial charge in [-0.3, -0.25) is 4.98 Å². The minimum atomic E-state index is -0.892. The Morgan fingerprint density at radius 3 is 2.86 bits per heavy atom. The topological polar surface area (TPSA) is 62.2 Å². The van der Waals surface area contributed by atoms with E-state index in [9.17, 15) is 9.90 Å². The molecule has 0 amide bonds. The molecule has 0 saturated heterocycles. The highest BCUT2D eigenvalue weighted by Gasteiger charge is 2.23. The summed E-state index contributed by atoms with van der Waals surface area (Å²) in [6.45, 7) is 3.04. The first-order valence-corrected chi connectivity index (χ1v) is 9.78. The maximum absolute atomic E-state index is 11.4. The van der Waals surface area contributed by atoms with Crippen LogP contribution < -0.4 is 5.32 Å². The fraction of sp³-hybridized carbons (Fsp3) is 0.250. The zero-order valence-corrected chi connectivity index (χ0v) is 16.0. The number of fused-ring (bicyclic) bond motifs is 1. The van der Waals surface area contributed by atoms with E-state index in [-0.39, 0.29) is 6.04 Å². The van der Waals surface area contributed by atoms with Gasteiger partial charge in [0.05, 0.1) is 5.56 Å². The summed E-state index contributed by atoms with van der Waals surface area (Å²) in [4.78, 5) is 15.5. The molecule has 28 heavy (non-hydrogen) atoms. The van der Waals surface area contributed by atoms with Gasteiger partial charge in [0.2, 0.25) is 0 Å². The number of benzene rings is 2. The zero-order valence-electron chi connectivity index (χ0n) is 16.0. The van der Waals surface area contributed by atoms with Gasteiger partial charge in [-0.15, -0.1) is 0 Å². The molecule has 0 saturated carbocycles. The third-order valence-corrected chi connectivity index (χ3v) is 5.60. The summed E-state index contributed by atoms with van der Waals surface area (Å²) >= 11 is 0. The highest BCUT2D eigenvalue weighted by Crippen LogP contribution is 2.33. The van der Waals surface area contributed by atoms with Crippen LogP contribution in [0.15, 0.2) is 60.9 Å². The molecule has 1 aliphatic rings. The number of carbonyl (C=O) groups is 1. The summed E-state index contributed by atoms with van der Waals surface area (Å²) in [5, 5.41) is 12.9. The van der Waals surface area contributed by atoms with Crippen molar-refractivity contribution in [2.75, 3.05) is 0 Å². The van der Waals surface area contributed by atoms with Gasteiger partial charge in [0.15, 0.2) is 0 Å². The summed E-state index contributed by atoms with van der Waals surface area (Å²) in [6, 6.07) is 17.1. The Morgan fingerprint density at radius 1 is 1.18 bits per heavy atom. The number of hydrogen-bond donors (Lipinski definition) is 2. The summed E-state index contributed by atoms with van der Waals surface area (Å²) in [5.74, 6) is -0.892. The first-order chi connectivity index (χ1) is 13.7. The molecule has 2 heterocycles. The monoisotopic (exact) mass is 372 g/mol. The highest BCUT2D eigenvalue weighted by atomic mass is 16.4. The quantitative estimate of drug-likeness (QED) is 0.653. The van der Waals surface area contributed by atoms with E-state index in [4.69, 9.17) is 0 Å². The Hall–Kier alpha value is -2.98. The summed E-state index contributed by atoms with van der Waals surface area (Å²) in [5.41, 5.74) is 7.72. The normalized spacial score (nSPS) is 15.4. The molecule has 2 N–H and O–H groups in total. The van der Waals surface area contributed by atoms with Crippen molar-refractivity contribution in [3.05, 3.63) is 88.7 Å². The Balaban J connectivity index is 1.54. The predicted molar refractivity (Wildman–Crippen MR) is 110 cm³/mol. The van der Waals surface area contributed by atoms with Crippen molar-refractivity contribution in [2.24, 2.45) is 0 Å². The predicted octanol–water partition coefficient (Wildman–Crippen LogP) is 4.79. The lowest BCUT2D eigenvalue weighted by molar-refractivity contribution is 0.0695. The molecule has 1 aromatic heterocycles. The fourth-order valence-corrected chi connectivity index (χ4v) is 4.11. The molecule has 142 valence electrons. The van der Waals surface area contributed by atoms with Gasteiger partial charge >= 0.3 is 5.97 Å². The molecule has 0 bridgehead atoms.